The van der Waals surface area contributed by atoms with Crippen LogP contribution in [-0.2, 0) is 32.7 Å². The first-order chi connectivity index (χ1) is 23.5. The zero-order chi connectivity index (χ0) is 36.5. The Morgan fingerprint density at radius 1 is 0.551 bits per heavy atom. The van der Waals surface area contributed by atoms with Crippen LogP contribution in [0.2, 0.25) is 0 Å². The van der Waals surface area contributed by atoms with Crippen molar-refractivity contribution >= 4 is 19.8 Å². The Morgan fingerprint density at radius 3 is 1.31 bits per heavy atom. The molecule has 49 heavy (non-hydrogen) atoms. The summed E-state index contributed by atoms with van der Waals surface area (Å²) < 4.78 is 34.2. The van der Waals surface area contributed by atoms with Gasteiger partial charge in [0, 0.05) is 12.8 Å². The van der Waals surface area contributed by atoms with E-state index in [1.807, 2.05) is 21.1 Å². The van der Waals surface area contributed by atoms with Gasteiger partial charge in [0.15, 0.2) is 6.10 Å². The fourth-order valence-corrected chi connectivity index (χ4v) is 6.40. The number of carbonyl (C=O) groups excluding carboxylic acids is 2. The van der Waals surface area contributed by atoms with Gasteiger partial charge in [0.05, 0.1) is 27.7 Å². The van der Waals surface area contributed by atoms with E-state index in [0.29, 0.717) is 17.4 Å². The Balaban J connectivity index is 4.38. The molecule has 2 atom stereocenters. The quantitative estimate of drug-likeness (QED) is 0.0292. The lowest BCUT2D eigenvalue weighted by molar-refractivity contribution is -0.870. The Kier molecular flexibility index (Phi) is 32.2. The predicted molar refractivity (Wildman–Crippen MR) is 201 cm³/mol. The summed E-state index contributed by atoms with van der Waals surface area (Å²) in [6.45, 7) is 4.43. The molecule has 0 aromatic heterocycles. The van der Waals surface area contributed by atoms with Crippen molar-refractivity contribution in [2.24, 2.45) is 0 Å². The van der Waals surface area contributed by atoms with Gasteiger partial charge in [0.1, 0.15) is 19.8 Å². The Hall–Kier alpha value is -0.990. The van der Waals surface area contributed by atoms with Gasteiger partial charge in [-0.25, -0.2) is 4.57 Å². The van der Waals surface area contributed by atoms with Gasteiger partial charge in [0.25, 0.3) is 0 Å². The number of phosphoric acid groups is 1. The number of carbonyl (C=O) groups is 2. The molecule has 0 spiro atoms. The first-order valence-electron chi connectivity index (χ1n) is 20.3. The zero-order valence-corrected chi connectivity index (χ0v) is 33.6. The summed E-state index contributed by atoms with van der Waals surface area (Å²) in [6.07, 6.45) is 30.0. The van der Waals surface area contributed by atoms with E-state index in [2.05, 4.69) is 13.8 Å². The van der Waals surface area contributed by atoms with Crippen LogP contribution in [0.15, 0.2) is 0 Å². The third-order valence-corrected chi connectivity index (χ3v) is 9.87. The van der Waals surface area contributed by atoms with Crippen molar-refractivity contribution in [3.8, 4) is 0 Å². The van der Waals surface area contributed by atoms with Crippen LogP contribution < -0.4 is 0 Å². The smallest absolute Gasteiger partial charge is 0.462 e. The van der Waals surface area contributed by atoms with E-state index in [0.717, 1.165) is 38.5 Å². The van der Waals surface area contributed by atoms with Crippen LogP contribution >= 0.6 is 7.82 Å². The molecule has 0 saturated carbocycles. The van der Waals surface area contributed by atoms with Crippen molar-refractivity contribution in [3.63, 3.8) is 0 Å². The number of quaternary nitrogens is 1. The second-order valence-electron chi connectivity index (χ2n) is 15.0. The number of esters is 2. The minimum absolute atomic E-state index is 0.0365. The monoisotopic (exact) mass is 721 g/mol. The van der Waals surface area contributed by atoms with Crippen molar-refractivity contribution in [2.75, 3.05) is 47.5 Å². The highest BCUT2D eigenvalue weighted by Gasteiger charge is 2.27. The highest BCUT2D eigenvalue weighted by atomic mass is 31.2. The number of nitrogens with zero attached hydrogens (tertiary/aromatic N) is 1. The van der Waals surface area contributed by atoms with Gasteiger partial charge < -0.3 is 18.9 Å². The molecule has 0 aromatic rings. The summed E-state index contributed by atoms with van der Waals surface area (Å²) in [6, 6.07) is 0. The van der Waals surface area contributed by atoms with Crippen molar-refractivity contribution in [2.45, 2.75) is 193 Å². The minimum Gasteiger partial charge on any atom is -0.462 e. The molecular formula is C39H79NO8P+. The average molecular weight is 721 g/mol. The third kappa shape index (κ3) is 36.6. The maximum absolute atomic E-state index is 12.6. The molecule has 0 saturated heterocycles. The predicted octanol–water partition coefficient (Wildman–Crippen LogP) is 10.9. The highest BCUT2D eigenvalue weighted by molar-refractivity contribution is 7.47. The molecule has 0 aliphatic heterocycles. The van der Waals surface area contributed by atoms with Crippen LogP contribution in [0.3, 0.4) is 0 Å². The molecule has 0 aliphatic rings. The third-order valence-electron chi connectivity index (χ3n) is 8.89. The molecule has 0 heterocycles. The second kappa shape index (κ2) is 32.9. The number of hydrogen-bond acceptors (Lipinski definition) is 7. The summed E-state index contributed by atoms with van der Waals surface area (Å²) >= 11 is 0. The van der Waals surface area contributed by atoms with Crippen molar-refractivity contribution in [3.05, 3.63) is 0 Å². The molecule has 0 aliphatic carbocycles. The van der Waals surface area contributed by atoms with E-state index >= 15 is 0 Å². The van der Waals surface area contributed by atoms with Gasteiger partial charge in [-0.2, -0.15) is 0 Å². The van der Waals surface area contributed by atoms with Crippen molar-refractivity contribution < 1.29 is 42.1 Å². The van der Waals surface area contributed by atoms with E-state index in [1.165, 1.54) is 122 Å². The summed E-state index contributed by atoms with van der Waals surface area (Å²) in [5, 5.41) is 0. The van der Waals surface area contributed by atoms with E-state index in [9.17, 15) is 19.0 Å². The lowest BCUT2D eigenvalue weighted by atomic mass is 10.0. The molecule has 0 fully saturated rings. The van der Waals surface area contributed by atoms with Crippen LogP contribution in [0.1, 0.15) is 187 Å². The normalized spacial score (nSPS) is 13.7. The molecule has 0 radical (unpaired) electrons. The van der Waals surface area contributed by atoms with Gasteiger partial charge in [-0.1, -0.05) is 162 Å². The Bertz CT molecular complexity index is 819. The standard InChI is InChI=1S/C39H78NO8P/c1-6-8-10-12-14-16-18-19-20-22-24-26-28-30-32-39(42)48-37(36-47-49(43,44)46-34-33-40(3,4)5)35-45-38(41)31-29-27-25-23-21-17-15-13-11-9-7-2/h37H,6-36H2,1-5H3/p+1. The first-order valence-corrected chi connectivity index (χ1v) is 21.8. The van der Waals surface area contributed by atoms with Crippen LogP contribution in [0, 0.1) is 0 Å². The average Bonchev–Trinajstić information content (AvgIpc) is 3.04. The molecule has 0 aromatic carbocycles. The maximum Gasteiger partial charge on any atom is 0.472 e. The summed E-state index contributed by atoms with van der Waals surface area (Å²) in [7, 11) is 1.49. The lowest BCUT2D eigenvalue weighted by Crippen LogP contribution is -2.37. The molecule has 2 unspecified atom stereocenters. The van der Waals surface area contributed by atoms with Crippen molar-refractivity contribution in [1.82, 2.24) is 0 Å². The van der Waals surface area contributed by atoms with Crippen LogP contribution in [0.5, 0.6) is 0 Å². The molecule has 0 bridgehead atoms. The van der Waals surface area contributed by atoms with Crippen molar-refractivity contribution in [1.29, 1.82) is 0 Å². The van der Waals surface area contributed by atoms with E-state index < -0.39 is 26.5 Å². The van der Waals surface area contributed by atoms with Crippen LogP contribution in [0.25, 0.3) is 0 Å². The molecule has 10 heteroatoms. The number of unbranched alkanes of at least 4 members (excludes halogenated alkanes) is 23. The molecule has 0 rings (SSSR count). The zero-order valence-electron chi connectivity index (χ0n) is 32.7. The van der Waals surface area contributed by atoms with Gasteiger partial charge in [0.2, 0.25) is 0 Å². The molecular weight excluding hydrogens is 641 g/mol. The second-order valence-corrected chi connectivity index (χ2v) is 16.5. The number of ether oxygens (including phenoxy) is 2. The van der Waals surface area contributed by atoms with E-state index in [4.69, 9.17) is 18.5 Å². The molecule has 0 amide bonds. The maximum atomic E-state index is 12.6. The topological polar surface area (TPSA) is 108 Å². The number of likely N-dealkylation sites (N-methyl/N-ethyl adjacent to an activating group) is 1. The number of rotatable bonds is 37. The molecule has 292 valence electrons. The van der Waals surface area contributed by atoms with Gasteiger partial charge in [-0.3, -0.25) is 18.6 Å². The summed E-state index contributed by atoms with van der Waals surface area (Å²) in [5.74, 6) is -0.789. The van der Waals surface area contributed by atoms with Gasteiger partial charge in [-0.05, 0) is 12.8 Å². The van der Waals surface area contributed by atoms with Crippen LogP contribution in [-0.4, -0.2) is 74.9 Å². The first kappa shape index (κ1) is 48.0. The van der Waals surface area contributed by atoms with Crippen LogP contribution in [0.4, 0.5) is 0 Å². The Morgan fingerprint density at radius 2 is 0.918 bits per heavy atom. The molecule has 9 nitrogen and oxygen atoms in total. The minimum atomic E-state index is -4.36. The number of hydrogen-bond donors (Lipinski definition) is 1. The van der Waals surface area contributed by atoms with Gasteiger partial charge >= 0.3 is 19.8 Å². The fourth-order valence-electron chi connectivity index (χ4n) is 5.66. The highest BCUT2D eigenvalue weighted by Crippen LogP contribution is 2.43. The summed E-state index contributed by atoms with van der Waals surface area (Å²) in [5.41, 5.74) is 0. The fraction of sp³-hybridized carbons (Fsp3) is 0.949. The number of phosphoric ester groups is 1. The SMILES string of the molecule is CCCCCCCCCCCCCCCCC(=O)OC(COC(=O)CCCCCCCCCCCCC)COP(=O)(O)OCC[N+](C)(C)C. The van der Waals surface area contributed by atoms with E-state index in [-0.39, 0.29) is 25.6 Å². The van der Waals surface area contributed by atoms with Gasteiger partial charge in [-0.15, -0.1) is 0 Å². The Labute approximate surface area is 302 Å². The lowest BCUT2D eigenvalue weighted by Gasteiger charge is -2.24. The summed E-state index contributed by atoms with van der Waals surface area (Å²) in [4.78, 5) is 35.2. The molecule has 1 N–H and O–H groups in total. The largest absolute Gasteiger partial charge is 0.472 e. The van der Waals surface area contributed by atoms with E-state index in [1.54, 1.807) is 0 Å².